The maximum absolute atomic E-state index is 11.2. The summed E-state index contributed by atoms with van der Waals surface area (Å²) in [5.74, 6) is 2.04. The number of hydrogen-bond acceptors (Lipinski definition) is 7. The van der Waals surface area contributed by atoms with Gasteiger partial charge in [0.05, 0.1) is 28.7 Å². The van der Waals surface area contributed by atoms with E-state index in [1.165, 1.54) is 18.3 Å². The lowest BCUT2D eigenvalue weighted by Crippen LogP contribution is -2.23. The number of benzene rings is 1. The number of ether oxygens (including phenoxy) is 2. The Bertz CT molecular complexity index is 986. The summed E-state index contributed by atoms with van der Waals surface area (Å²) in [4.78, 5) is 16.2. The fourth-order valence-corrected chi connectivity index (χ4v) is 3.36. The Balaban J connectivity index is 1.68. The predicted octanol–water partition coefficient (Wildman–Crippen LogP) is 5.48. The lowest BCUT2D eigenvalue weighted by Gasteiger charge is -2.10. The molecule has 0 spiro atoms. The Morgan fingerprint density at radius 1 is 1.31 bits per heavy atom. The molecule has 0 aliphatic rings. The molecule has 154 valence electrons. The van der Waals surface area contributed by atoms with Gasteiger partial charge in [0.25, 0.3) is 5.19 Å². The van der Waals surface area contributed by atoms with E-state index in [0.29, 0.717) is 45.7 Å². The molecule has 9 heteroatoms. The highest BCUT2D eigenvalue weighted by Gasteiger charge is 2.16. The van der Waals surface area contributed by atoms with E-state index < -0.39 is 0 Å². The van der Waals surface area contributed by atoms with E-state index in [1.54, 1.807) is 24.4 Å². The van der Waals surface area contributed by atoms with Crippen molar-refractivity contribution >= 4 is 28.8 Å². The highest BCUT2D eigenvalue weighted by molar-refractivity contribution is 7.16. The average Bonchev–Trinajstić information content (AvgIpc) is 3.30. The molecule has 1 N–H and O–H groups in total. The van der Waals surface area contributed by atoms with Gasteiger partial charge < -0.3 is 19.3 Å². The molecule has 0 fully saturated rings. The molecule has 1 aromatic carbocycles. The maximum Gasteiger partial charge on any atom is 0.279 e. The van der Waals surface area contributed by atoms with Gasteiger partial charge in [-0.05, 0) is 25.0 Å². The molecule has 0 saturated heterocycles. The smallest absolute Gasteiger partial charge is 0.279 e. The fraction of sp³-hybridized carbons (Fsp3) is 0.350. The second kappa shape index (κ2) is 9.28. The van der Waals surface area contributed by atoms with E-state index in [4.69, 9.17) is 25.6 Å². The van der Waals surface area contributed by atoms with Crippen molar-refractivity contribution in [3.8, 4) is 27.3 Å². The number of carbonyl (C=O) groups is 1. The van der Waals surface area contributed by atoms with Gasteiger partial charge >= 0.3 is 0 Å². The van der Waals surface area contributed by atoms with Gasteiger partial charge in [-0.25, -0.2) is 4.98 Å². The van der Waals surface area contributed by atoms with Crippen LogP contribution in [0.5, 0.6) is 16.7 Å². The summed E-state index contributed by atoms with van der Waals surface area (Å²) < 4.78 is 16.8. The molecule has 1 unspecified atom stereocenters. The Labute approximate surface area is 178 Å². The van der Waals surface area contributed by atoms with Gasteiger partial charge in [0.1, 0.15) is 17.2 Å². The minimum Gasteiger partial charge on any atom is -0.493 e. The Morgan fingerprint density at radius 3 is 2.79 bits per heavy atom. The number of nitrogens with one attached hydrogen (secondary N) is 1. The summed E-state index contributed by atoms with van der Waals surface area (Å²) in [7, 11) is 0. The molecule has 29 heavy (non-hydrogen) atoms. The molecule has 0 saturated carbocycles. The van der Waals surface area contributed by atoms with Crippen molar-refractivity contribution in [2.24, 2.45) is 5.92 Å². The minimum absolute atomic E-state index is 0.138. The van der Waals surface area contributed by atoms with Crippen LogP contribution >= 0.6 is 22.9 Å². The summed E-state index contributed by atoms with van der Waals surface area (Å²) >= 11 is 7.62. The van der Waals surface area contributed by atoms with Crippen molar-refractivity contribution < 1.29 is 18.8 Å². The largest absolute Gasteiger partial charge is 0.493 e. The van der Waals surface area contributed by atoms with Crippen LogP contribution in [0.1, 0.15) is 39.5 Å². The maximum atomic E-state index is 11.2. The molecule has 0 radical (unpaired) electrons. The number of hydrogen-bond donors (Lipinski definition) is 1. The van der Waals surface area contributed by atoms with Gasteiger partial charge in [-0.15, -0.1) is 0 Å². The van der Waals surface area contributed by atoms with Gasteiger partial charge in [0.2, 0.25) is 5.91 Å². The van der Waals surface area contributed by atoms with E-state index in [0.717, 1.165) is 4.88 Å². The first-order valence-corrected chi connectivity index (χ1v) is 10.3. The summed E-state index contributed by atoms with van der Waals surface area (Å²) in [6, 6.07) is 6.79. The Hall–Kier alpha value is -2.58. The number of carbonyl (C=O) groups excluding carboxylic acids is 1. The van der Waals surface area contributed by atoms with E-state index in [-0.39, 0.29) is 11.9 Å². The number of halogens is 1. The van der Waals surface area contributed by atoms with Crippen LogP contribution in [0.4, 0.5) is 0 Å². The molecule has 3 rings (SSSR count). The van der Waals surface area contributed by atoms with E-state index in [1.807, 2.05) is 13.0 Å². The van der Waals surface area contributed by atoms with Crippen molar-refractivity contribution in [3.63, 3.8) is 0 Å². The van der Waals surface area contributed by atoms with Crippen molar-refractivity contribution in [2.75, 3.05) is 6.61 Å². The Morgan fingerprint density at radius 2 is 2.10 bits per heavy atom. The number of aromatic nitrogens is 2. The third kappa shape index (κ3) is 5.71. The third-order valence-electron chi connectivity index (χ3n) is 3.80. The molecule has 2 aromatic heterocycles. The second-order valence-electron chi connectivity index (χ2n) is 6.93. The Kier molecular flexibility index (Phi) is 6.76. The first kappa shape index (κ1) is 21.1. The standard InChI is InChI=1S/C20H22ClN3O4S/c1-11(2)10-26-14-5-6-17(15(21)7-14)27-20-22-9-19(29-20)16-8-18(28-24-16)12(3)23-13(4)25/h5-9,11-12H,10H2,1-4H3,(H,23,25). The van der Waals surface area contributed by atoms with Crippen LogP contribution in [-0.4, -0.2) is 22.7 Å². The topological polar surface area (TPSA) is 86.5 Å². The van der Waals surface area contributed by atoms with Gasteiger partial charge in [0, 0.05) is 19.1 Å². The SMILES string of the molecule is CC(=O)NC(C)c1cc(-c2cnc(Oc3ccc(OCC(C)C)cc3Cl)s2)no1. The van der Waals surface area contributed by atoms with Crippen molar-refractivity contribution in [3.05, 3.63) is 41.2 Å². The summed E-state index contributed by atoms with van der Waals surface area (Å²) in [5, 5.41) is 7.67. The quantitative estimate of drug-likeness (QED) is 0.504. The molecule has 0 bridgehead atoms. The van der Waals surface area contributed by atoms with Crippen molar-refractivity contribution in [1.29, 1.82) is 0 Å². The van der Waals surface area contributed by atoms with E-state index >= 15 is 0 Å². The van der Waals surface area contributed by atoms with Crippen LogP contribution in [0, 0.1) is 5.92 Å². The molecule has 7 nitrogen and oxygen atoms in total. The molecule has 1 amide bonds. The van der Waals surface area contributed by atoms with Gasteiger partial charge in [-0.2, -0.15) is 0 Å². The zero-order chi connectivity index (χ0) is 21.0. The van der Waals surface area contributed by atoms with Gasteiger partial charge in [-0.1, -0.05) is 41.9 Å². The molecule has 2 heterocycles. The van der Waals surface area contributed by atoms with Crippen LogP contribution in [-0.2, 0) is 4.79 Å². The lowest BCUT2D eigenvalue weighted by atomic mass is 10.2. The number of amides is 1. The summed E-state index contributed by atoms with van der Waals surface area (Å²) in [6.07, 6.45) is 1.65. The predicted molar refractivity (Wildman–Crippen MR) is 112 cm³/mol. The highest BCUT2D eigenvalue weighted by Crippen LogP contribution is 2.37. The van der Waals surface area contributed by atoms with Crippen LogP contribution < -0.4 is 14.8 Å². The minimum atomic E-state index is -0.271. The van der Waals surface area contributed by atoms with Gasteiger partial charge in [0.15, 0.2) is 5.76 Å². The lowest BCUT2D eigenvalue weighted by molar-refractivity contribution is -0.119. The van der Waals surface area contributed by atoms with Crippen molar-refractivity contribution in [2.45, 2.75) is 33.7 Å². The summed E-state index contributed by atoms with van der Waals surface area (Å²) in [6.45, 7) is 8.06. The zero-order valence-corrected chi connectivity index (χ0v) is 18.1. The normalized spacial score (nSPS) is 12.1. The van der Waals surface area contributed by atoms with Crippen LogP contribution in [0.25, 0.3) is 10.6 Å². The van der Waals surface area contributed by atoms with Crippen LogP contribution in [0.2, 0.25) is 5.02 Å². The summed E-state index contributed by atoms with van der Waals surface area (Å²) in [5.41, 5.74) is 0.619. The highest BCUT2D eigenvalue weighted by atomic mass is 35.5. The number of thiazole rings is 1. The molecule has 0 aliphatic heterocycles. The monoisotopic (exact) mass is 435 g/mol. The average molecular weight is 436 g/mol. The molecule has 0 aliphatic carbocycles. The van der Waals surface area contributed by atoms with E-state index in [2.05, 4.69) is 29.3 Å². The first-order valence-electron chi connectivity index (χ1n) is 9.12. The molecular weight excluding hydrogens is 414 g/mol. The van der Waals surface area contributed by atoms with E-state index in [9.17, 15) is 4.79 Å². The van der Waals surface area contributed by atoms with Gasteiger partial charge in [-0.3, -0.25) is 4.79 Å². The molecule has 3 aromatic rings. The molecule has 1 atom stereocenters. The second-order valence-corrected chi connectivity index (χ2v) is 8.33. The van der Waals surface area contributed by atoms with Crippen molar-refractivity contribution in [1.82, 2.24) is 15.5 Å². The third-order valence-corrected chi connectivity index (χ3v) is 4.99. The zero-order valence-electron chi connectivity index (χ0n) is 16.6. The number of rotatable bonds is 8. The molecular formula is C20H22ClN3O4S. The van der Waals surface area contributed by atoms with Crippen LogP contribution in [0.15, 0.2) is 35.0 Å². The number of nitrogens with zero attached hydrogens (tertiary/aromatic N) is 2. The fourth-order valence-electron chi connectivity index (χ4n) is 2.42. The van der Waals surface area contributed by atoms with Crippen LogP contribution in [0.3, 0.4) is 0 Å². The first-order chi connectivity index (χ1) is 13.8.